The van der Waals surface area contributed by atoms with E-state index in [4.69, 9.17) is 4.74 Å². The fourth-order valence-electron chi connectivity index (χ4n) is 5.38. The summed E-state index contributed by atoms with van der Waals surface area (Å²) in [6.45, 7) is 9.11. The van der Waals surface area contributed by atoms with Crippen molar-refractivity contribution in [1.29, 1.82) is 0 Å². The Morgan fingerprint density at radius 3 is 3.00 bits per heavy atom. The first-order valence-electron chi connectivity index (χ1n) is 9.71. The van der Waals surface area contributed by atoms with Gasteiger partial charge in [-0.1, -0.05) is 20.3 Å². The van der Waals surface area contributed by atoms with E-state index in [0.717, 1.165) is 25.9 Å². The first kappa shape index (κ1) is 16.9. The van der Waals surface area contributed by atoms with Gasteiger partial charge in [-0.3, -0.25) is 4.90 Å². The molecule has 3 heterocycles. The fourth-order valence-corrected chi connectivity index (χ4v) is 6.82. The van der Waals surface area contributed by atoms with Gasteiger partial charge in [-0.2, -0.15) is 11.8 Å². The lowest BCUT2D eigenvalue weighted by molar-refractivity contribution is -0.148. The second-order valence-corrected chi connectivity index (χ2v) is 8.99. The third-order valence-corrected chi connectivity index (χ3v) is 7.95. The summed E-state index contributed by atoms with van der Waals surface area (Å²) in [4.78, 5) is 17.2. The van der Waals surface area contributed by atoms with Gasteiger partial charge >= 0.3 is 5.97 Å². The van der Waals surface area contributed by atoms with E-state index in [1.807, 2.05) is 6.08 Å². The van der Waals surface area contributed by atoms with Gasteiger partial charge in [0.15, 0.2) is 5.60 Å². The van der Waals surface area contributed by atoms with Crippen molar-refractivity contribution in [3.8, 4) is 0 Å². The number of rotatable bonds is 6. The van der Waals surface area contributed by atoms with Crippen LogP contribution in [-0.2, 0) is 9.53 Å². The van der Waals surface area contributed by atoms with Crippen molar-refractivity contribution < 1.29 is 9.53 Å². The number of nitrogens with zero attached hydrogens (tertiary/aromatic N) is 2. The van der Waals surface area contributed by atoms with E-state index in [9.17, 15) is 4.79 Å². The van der Waals surface area contributed by atoms with Crippen LogP contribution in [0.4, 0.5) is 0 Å². The Hall–Kier alpha value is -0.520. The summed E-state index contributed by atoms with van der Waals surface area (Å²) in [5, 5.41) is 0.623. The summed E-state index contributed by atoms with van der Waals surface area (Å²) in [5.74, 6) is 1.10. The molecule has 1 unspecified atom stereocenters. The number of hydrogen-bond acceptors (Lipinski definition) is 5. The standard InChI is InChI=1S/C19H30N2O2S/c1-3-20(4-2)9-10-24-16-11-14-12-18(22)23-19(14)13-15(16)21-8-6-5-7-17(19)21/h12,15-17H,3-11,13H2,1-2H3/t15-,16?,17+,19-/m0/s1. The van der Waals surface area contributed by atoms with Crippen LogP contribution in [0.3, 0.4) is 0 Å². The van der Waals surface area contributed by atoms with Gasteiger partial charge in [-0.25, -0.2) is 4.79 Å². The van der Waals surface area contributed by atoms with Crippen LogP contribution < -0.4 is 0 Å². The number of esters is 1. The van der Waals surface area contributed by atoms with Crippen molar-refractivity contribution >= 4 is 17.7 Å². The van der Waals surface area contributed by atoms with E-state index >= 15 is 0 Å². The zero-order valence-corrected chi connectivity index (χ0v) is 15.8. The maximum atomic E-state index is 12.0. The first-order chi connectivity index (χ1) is 11.7. The smallest absolute Gasteiger partial charge is 0.331 e. The highest BCUT2D eigenvalue weighted by molar-refractivity contribution is 8.00. The molecule has 4 atom stereocenters. The van der Waals surface area contributed by atoms with Gasteiger partial charge in [-0.15, -0.1) is 0 Å². The van der Waals surface area contributed by atoms with Crippen molar-refractivity contribution in [2.45, 2.75) is 68.9 Å². The first-order valence-corrected chi connectivity index (χ1v) is 10.8. The molecular formula is C19H30N2O2S. The Balaban J connectivity index is 1.49. The van der Waals surface area contributed by atoms with Crippen LogP contribution in [0.1, 0.15) is 46.0 Å². The Kier molecular flexibility index (Phi) is 4.69. The third kappa shape index (κ3) is 2.63. The van der Waals surface area contributed by atoms with E-state index < -0.39 is 0 Å². The second kappa shape index (κ2) is 6.65. The zero-order chi connectivity index (χ0) is 16.7. The van der Waals surface area contributed by atoms with Crippen molar-refractivity contribution in [3.63, 3.8) is 0 Å². The Morgan fingerprint density at radius 2 is 2.21 bits per heavy atom. The molecule has 5 heteroatoms. The molecule has 1 aliphatic carbocycles. The minimum Gasteiger partial charge on any atom is -0.450 e. The molecule has 0 radical (unpaired) electrons. The minimum absolute atomic E-state index is 0.0926. The van der Waals surface area contributed by atoms with Gasteiger partial charge in [0.1, 0.15) is 0 Å². The number of fused-ring (bicyclic) bond motifs is 3. The van der Waals surface area contributed by atoms with E-state index in [0.29, 0.717) is 17.3 Å². The van der Waals surface area contributed by atoms with Crippen LogP contribution >= 0.6 is 11.8 Å². The number of piperidine rings is 1. The van der Waals surface area contributed by atoms with Crippen LogP contribution in [0.25, 0.3) is 0 Å². The molecule has 24 heavy (non-hydrogen) atoms. The quantitative estimate of drug-likeness (QED) is 0.688. The summed E-state index contributed by atoms with van der Waals surface area (Å²) in [6.07, 6.45) is 7.68. The zero-order valence-electron chi connectivity index (χ0n) is 15.0. The third-order valence-electron chi connectivity index (χ3n) is 6.62. The molecule has 3 aliphatic heterocycles. The van der Waals surface area contributed by atoms with Crippen molar-refractivity contribution in [1.82, 2.24) is 9.80 Å². The molecule has 0 aromatic rings. The number of carbonyl (C=O) groups excluding carboxylic acids is 1. The van der Waals surface area contributed by atoms with Crippen molar-refractivity contribution in [3.05, 3.63) is 11.6 Å². The molecule has 134 valence electrons. The molecule has 0 aromatic carbocycles. The van der Waals surface area contributed by atoms with Crippen LogP contribution in [0.2, 0.25) is 0 Å². The highest BCUT2D eigenvalue weighted by Gasteiger charge is 2.63. The molecular weight excluding hydrogens is 320 g/mol. The maximum Gasteiger partial charge on any atom is 0.331 e. The summed E-state index contributed by atoms with van der Waals surface area (Å²) >= 11 is 2.13. The highest BCUT2D eigenvalue weighted by atomic mass is 32.2. The predicted octanol–water partition coefficient (Wildman–Crippen LogP) is 2.68. The Morgan fingerprint density at radius 1 is 1.38 bits per heavy atom. The molecule has 2 bridgehead atoms. The van der Waals surface area contributed by atoms with Crippen molar-refractivity contribution in [2.75, 3.05) is 31.9 Å². The molecule has 1 saturated carbocycles. The molecule has 0 N–H and O–H groups in total. The average molecular weight is 351 g/mol. The summed E-state index contributed by atoms with van der Waals surface area (Å²) in [5.41, 5.74) is 1.05. The fraction of sp³-hybridized carbons (Fsp3) is 0.842. The Bertz CT molecular complexity index is 533. The van der Waals surface area contributed by atoms with Gasteiger partial charge in [0.05, 0.1) is 6.04 Å². The summed E-state index contributed by atoms with van der Waals surface area (Å²) < 4.78 is 5.95. The van der Waals surface area contributed by atoms with Gasteiger partial charge in [0.25, 0.3) is 0 Å². The average Bonchev–Trinajstić information content (AvgIpc) is 3.08. The van der Waals surface area contributed by atoms with Gasteiger partial charge in [-0.05, 0) is 44.5 Å². The van der Waals surface area contributed by atoms with Gasteiger partial charge < -0.3 is 9.64 Å². The summed E-state index contributed by atoms with van der Waals surface area (Å²) in [7, 11) is 0. The van der Waals surface area contributed by atoms with E-state index in [1.54, 1.807) is 0 Å². The van der Waals surface area contributed by atoms with Crippen molar-refractivity contribution in [2.24, 2.45) is 0 Å². The molecule has 1 spiro atoms. The van der Waals surface area contributed by atoms with Crippen LogP contribution in [-0.4, -0.2) is 70.6 Å². The monoisotopic (exact) mass is 350 g/mol. The number of ether oxygens (including phenoxy) is 1. The normalized spacial score (nSPS) is 38.0. The second-order valence-electron chi connectivity index (χ2n) is 7.64. The predicted molar refractivity (Wildman–Crippen MR) is 98.3 cm³/mol. The number of carbonyl (C=O) groups is 1. The van der Waals surface area contributed by atoms with Crippen LogP contribution in [0.5, 0.6) is 0 Å². The van der Waals surface area contributed by atoms with Crippen LogP contribution in [0, 0.1) is 0 Å². The van der Waals surface area contributed by atoms with Crippen LogP contribution in [0.15, 0.2) is 11.6 Å². The SMILES string of the molecule is CCN(CC)CCSC1CC2=CC(=O)O[C@@]23C[C@@H]1N1CCCC[C@@H]13. The lowest BCUT2D eigenvalue weighted by Crippen LogP contribution is -2.48. The summed E-state index contributed by atoms with van der Waals surface area (Å²) in [6, 6.07) is 1.04. The molecule has 4 aliphatic rings. The lowest BCUT2D eigenvalue weighted by atomic mass is 9.77. The molecule has 0 amide bonds. The van der Waals surface area contributed by atoms with E-state index in [-0.39, 0.29) is 11.6 Å². The molecule has 4 nitrogen and oxygen atoms in total. The van der Waals surface area contributed by atoms with E-state index in [2.05, 4.69) is 35.4 Å². The molecule has 2 saturated heterocycles. The van der Waals surface area contributed by atoms with Gasteiger partial charge in [0.2, 0.25) is 0 Å². The molecule has 0 aromatic heterocycles. The highest BCUT2D eigenvalue weighted by Crippen LogP contribution is 2.55. The topological polar surface area (TPSA) is 32.8 Å². The number of thioether (sulfide) groups is 1. The molecule has 3 fully saturated rings. The Labute approximate surface area is 150 Å². The maximum absolute atomic E-state index is 12.0. The lowest BCUT2D eigenvalue weighted by Gasteiger charge is -2.38. The largest absolute Gasteiger partial charge is 0.450 e. The minimum atomic E-state index is -0.252. The molecule has 4 rings (SSSR count). The van der Waals surface area contributed by atoms with E-state index in [1.165, 1.54) is 43.7 Å². The number of hydrogen-bond donors (Lipinski definition) is 0. The van der Waals surface area contributed by atoms with Gasteiger partial charge in [0, 0.05) is 36.1 Å².